The molecule has 170 valence electrons. The van der Waals surface area contributed by atoms with Gasteiger partial charge in [-0.15, -0.1) is 24.0 Å². The average molecular weight is 546 g/mol. The third-order valence-corrected chi connectivity index (χ3v) is 5.99. The van der Waals surface area contributed by atoms with Gasteiger partial charge in [-0.3, -0.25) is 4.99 Å². The highest BCUT2D eigenvalue weighted by Gasteiger charge is 2.35. The maximum Gasteiger partial charge on any atom is 0.226 e. The van der Waals surface area contributed by atoms with Crippen molar-refractivity contribution in [3.63, 3.8) is 0 Å². The van der Waals surface area contributed by atoms with Crippen LogP contribution in [0.25, 0.3) is 11.5 Å². The van der Waals surface area contributed by atoms with Gasteiger partial charge in [0.25, 0.3) is 0 Å². The Hall–Kier alpha value is -2.39. The molecule has 6 nitrogen and oxygen atoms in total. The Kier molecular flexibility index (Phi) is 8.69. The zero-order valence-corrected chi connectivity index (χ0v) is 21.0. The fourth-order valence-corrected chi connectivity index (χ4v) is 4.22. The van der Waals surface area contributed by atoms with Crippen LogP contribution in [0.4, 0.5) is 0 Å². The van der Waals surface area contributed by atoms with Gasteiger partial charge in [-0.05, 0) is 43.0 Å². The van der Waals surface area contributed by atoms with E-state index in [4.69, 9.17) is 9.15 Å². The first-order chi connectivity index (χ1) is 15.2. The molecule has 0 spiro atoms. The summed E-state index contributed by atoms with van der Waals surface area (Å²) in [5.41, 5.74) is 4.56. The predicted octanol–water partition coefficient (Wildman–Crippen LogP) is 4.68. The molecule has 0 unspecified atom stereocenters. The van der Waals surface area contributed by atoms with Crippen LogP contribution in [-0.2, 0) is 16.7 Å². The molecule has 1 aliphatic heterocycles. The number of nitrogens with zero attached hydrogens (tertiary/aromatic N) is 2. The van der Waals surface area contributed by atoms with Crippen LogP contribution >= 0.6 is 24.0 Å². The number of rotatable bonds is 6. The van der Waals surface area contributed by atoms with E-state index >= 15 is 0 Å². The Balaban J connectivity index is 0.00000289. The van der Waals surface area contributed by atoms with Crippen molar-refractivity contribution in [3.05, 3.63) is 77.7 Å². The Morgan fingerprint density at radius 2 is 1.75 bits per heavy atom. The zero-order chi connectivity index (χ0) is 21.5. The lowest BCUT2D eigenvalue weighted by Crippen LogP contribution is -2.48. The number of ether oxygens (including phenoxy) is 1. The van der Waals surface area contributed by atoms with Crippen molar-refractivity contribution in [3.8, 4) is 11.5 Å². The number of nitrogens with one attached hydrogen (secondary N) is 2. The van der Waals surface area contributed by atoms with Crippen molar-refractivity contribution in [2.75, 3.05) is 26.8 Å². The van der Waals surface area contributed by atoms with Crippen LogP contribution in [0.5, 0.6) is 0 Å². The van der Waals surface area contributed by atoms with Crippen LogP contribution in [0.2, 0.25) is 0 Å². The Labute approximate surface area is 206 Å². The lowest BCUT2D eigenvalue weighted by atomic mass is 9.72. The molecule has 0 amide bonds. The number of aromatic nitrogens is 1. The van der Waals surface area contributed by atoms with E-state index in [1.807, 2.05) is 30.3 Å². The molecule has 1 aliphatic rings. The lowest BCUT2D eigenvalue weighted by molar-refractivity contribution is 0.0512. The van der Waals surface area contributed by atoms with E-state index in [-0.39, 0.29) is 29.4 Å². The van der Waals surface area contributed by atoms with Gasteiger partial charge in [0, 0.05) is 37.8 Å². The molecule has 0 radical (unpaired) electrons. The number of benzene rings is 2. The van der Waals surface area contributed by atoms with Crippen LogP contribution in [0.3, 0.4) is 0 Å². The minimum Gasteiger partial charge on any atom is -0.444 e. The molecular weight excluding hydrogens is 515 g/mol. The van der Waals surface area contributed by atoms with Crippen molar-refractivity contribution < 1.29 is 9.15 Å². The minimum absolute atomic E-state index is 0. The van der Waals surface area contributed by atoms with Crippen LogP contribution in [0.15, 0.2) is 70.3 Å². The molecule has 1 fully saturated rings. The van der Waals surface area contributed by atoms with Crippen molar-refractivity contribution in [1.29, 1.82) is 0 Å². The number of oxazole rings is 1. The second-order valence-electron chi connectivity index (χ2n) is 8.00. The number of hydrogen-bond donors (Lipinski definition) is 2. The molecule has 2 heterocycles. The third-order valence-electron chi connectivity index (χ3n) is 5.99. The second-order valence-corrected chi connectivity index (χ2v) is 8.00. The summed E-state index contributed by atoms with van der Waals surface area (Å²) in [4.78, 5) is 8.99. The Morgan fingerprint density at radius 3 is 2.47 bits per heavy atom. The molecule has 0 saturated carbocycles. The maximum absolute atomic E-state index is 5.67. The van der Waals surface area contributed by atoms with E-state index in [0.717, 1.165) is 49.8 Å². The highest BCUT2D eigenvalue weighted by molar-refractivity contribution is 14.0. The number of hydrogen-bond acceptors (Lipinski definition) is 4. The molecule has 7 heteroatoms. The van der Waals surface area contributed by atoms with Crippen molar-refractivity contribution in [2.45, 2.75) is 31.7 Å². The maximum atomic E-state index is 5.67. The molecule has 1 aromatic heterocycles. The van der Waals surface area contributed by atoms with E-state index in [1.54, 1.807) is 13.3 Å². The van der Waals surface area contributed by atoms with Gasteiger partial charge in [0.05, 0.1) is 12.2 Å². The number of halogens is 1. The van der Waals surface area contributed by atoms with Gasteiger partial charge >= 0.3 is 0 Å². The average Bonchev–Trinajstić information content (AvgIpc) is 3.30. The van der Waals surface area contributed by atoms with Crippen molar-refractivity contribution >= 4 is 29.9 Å². The van der Waals surface area contributed by atoms with Gasteiger partial charge in [-0.2, -0.15) is 0 Å². The third kappa shape index (κ3) is 5.69. The lowest BCUT2D eigenvalue weighted by Gasteiger charge is -2.39. The first kappa shape index (κ1) is 24.3. The molecule has 32 heavy (non-hydrogen) atoms. The number of aryl methyl sites for hydroxylation is 1. The van der Waals surface area contributed by atoms with Gasteiger partial charge < -0.3 is 19.8 Å². The molecule has 0 bridgehead atoms. The highest BCUT2D eigenvalue weighted by Crippen LogP contribution is 2.36. The number of aliphatic imine (C=N–C) groups is 1. The van der Waals surface area contributed by atoms with Crippen molar-refractivity contribution in [2.24, 2.45) is 4.99 Å². The summed E-state index contributed by atoms with van der Waals surface area (Å²) in [6, 6.07) is 18.6. The summed E-state index contributed by atoms with van der Waals surface area (Å²) in [6.07, 6.45) is 3.67. The van der Waals surface area contributed by atoms with Crippen LogP contribution in [-0.4, -0.2) is 37.7 Å². The van der Waals surface area contributed by atoms with E-state index in [0.29, 0.717) is 12.4 Å². The molecule has 4 rings (SSSR count). The quantitative estimate of drug-likeness (QED) is 0.267. The molecular formula is C25H31IN4O2. The summed E-state index contributed by atoms with van der Waals surface area (Å²) in [5, 5.41) is 6.90. The van der Waals surface area contributed by atoms with E-state index in [2.05, 4.69) is 51.8 Å². The van der Waals surface area contributed by atoms with E-state index in [1.165, 1.54) is 11.1 Å². The summed E-state index contributed by atoms with van der Waals surface area (Å²) in [5.74, 6) is 1.38. The second kappa shape index (κ2) is 11.5. The SMILES string of the molecule is CN=C(NCc1coc(-c2ccccc2)n1)NCC1(c2ccccc2C)CCOCC1.I. The van der Waals surface area contributed by atoms with Crippen molar-refractivity contribution in [1.82, 2.24) is 15.6 Å². The molecule has 2 N–H and O–H groups in total. The molecule has 0 atom stereocenters. The zero-order valence-electron chi connectivity index (χ0n) is 18.6. The first-order valence-electron chi connectivity index (χ1n) is 10.8. The van der Waals surface area contributed by atoms with Gasteiger partial charge in [0.1, 0.15) is 6.26 Å². The summed E-state index contributed by atoms with van der Waals surface area (Å²) in [6.45, 7) is 5.09. The van der Waals surface area contributed by atoms with Gasteiger partial charge in [-0.25, -0.2) is 4.98 Å². The number of guanidine groups is 1. The van der Waals surface area contributed by atoms with Crippen LogP contribution in [0.1, 0.15) is 29.7 Å². The molecule has 3 aromatic rings. The first-order valence-corrected chi connectivity index (χ1v) is 10.8. The standard InChI is InChI=1S/C25H30N4O2.HI/c1-19-8-6-7-11-22(19)25(12-14-30-15-13-25)18-28-24(26-2)27-16-21-17-31-23(29-21)20-9-4-3-5-10-20;/h3-11,17H,12-16,18H2,1-2H3,(H2,26,27,28);1H. The fourth-order valence-electron chi connectivity index (χ4n) is 4.22. The molecule has 0 aliphatic carbocycles. The van der Waals surface area contributed by atoms with E-state index in [9.17, 15) is 0 Å². The van der Waals surface area contributed by atoms with Crippen LogP contribution < -0.4 is 10.6 Å². The monoisotopic (exact) mass is 546 g/mol. The Morgan fingerprint density at radius 1 is 1.03 bits per heavy atom. The smallest absolute Gasteiger partial charge is 0.226 e. The molecule has 2 aromatic carbocycles. The minimum atomic E-state index is 0. The summed E-state index contributed by atoms with van der Waals surface area (Å²) >= 11 is 0. The van der Waals surface area contributed by atoms with Crippen LogP contribution in [0, 0.1) is 6.92 Å². The van der Waals surface area contributed by atoms with Gasteiger partial charge in [0.15, 0.2) is 5.96 Å². The van der Waals surface area contributed by atoms with Gasteiger partial charge in [-0.1, -0.05) is 42.5 Å². The fraction of sp³-hybridized carbons (Fsp3) is 0.360. The van der Waals surface area contributed by atoms with E-state index < -0.39 is 0 Å². The topological polar surface area (TPSA) is 71.7 Å². The Bertz CT molecular complexity index is 1010. The normalized spacial score (nSPS) is 15.6. The molecule has 1 saturated heterocycles. The highest BCUT2D eigenvalue weighted by atomic mass is 127. The summed E-state index contributed by atoms with van der Waals surface area (Å²) in [7, 11) is 1.79. The van der Waals surface area contributed by atoms with Gasteiger partial charge in [0.2, 0.25) is 5.89 Å². The predicted molar refractivity (Wildman–Crippen MR) is 138 cm³/mol. The largest absolute Gasteiger partial charge is 0.444 e. The summed E-state index contributed by atoms with van der Waals surface area (Å²) < 4.78 is 11.3.